The first kappa shape index (κ1) is 16.7. The molecule has 7 nitrogen and oxygen atoms in total. The number of hydrogen-bond acceptors (Lipinski definition) is 7. The van der Waals surface area contributed by atoms with Gasteiger partial charge in [-0.2, -0.15) is 0 Å². The van der Waals surface area contributed by atoms with Gasteiger partial charge in [-0.3, -0.25) is 4.98 Å². The van der Waals surface area contributed by atoms with Crippen LogP contribution in [0.3, 0.4) is 0 Å². The molecule has 4 rings (SSSR count). The number of hydrogen-bond donors (Lipinski definition) is 1. The van der Waals surface area contributed by atoms with E-state index in [9.17, 15) is 5.11 Å². The number of piperidine rings is 1. The smallest absolute Gasteiger partial charge is 0.225 e. The molecule has 1 saturated heterocycles. The topological polar surface area (TPSA) is 88.2 Å². The molecule has 4 heterocycles. The van der Waals surface area contributed by atoms with E-state index in [0.29, 0.717) is 18.3 Å². The van der Waals surface area contributed by atoms with Gasteiger partial charge in [0.05, 0.1) is 23.1 Å². The van der Waals surface area contributed by atoms with Gasteiger partial charge in [0.2, 0.25) is 5.95 Å². The first-order valence-corrected chi connectivity index (χ1v) is 8.77. The van der Waals surface area contributed by atoms with Gasteiger partial charge in [0.15, 0.2) is 5.76 Å². The number of aliphatic hydroxyl groups is 1. The van der Waals surface area contributed by atoms with Gasteiger partial charge in [0.25, 0.3) is 0 Å². The van der Waals surface area contributed by atoms with Gasteiger partial charge in [-0.15, -0.1) is 0 Å². The van der Waals surface area contributed by atoms with Gasteiger partial charge in [0, 0.05) is 42.8 Å². The quantitative estimate of drug-likeness (QED) is 0.776. The lowest BCUT2D eigenvalue weighted by atomic mass is 10.1. The number of aliphatic hydroxyl groups excluding tert-OH is 1. The maximum Gasteiger partial charge on any atom is 0.225 e. The Morgan fingerprint density at radius 1 is 1.15 bits per heavy atom. The highest BCUT2D eigenvalue weighted by Gasteiger charge is 2.22. The molecule has 0 aliphatic carbocycles. The van der Waals surface area contributed by atoms with Gasteiger partial charge in [-0.05, 0) is 38.8 Å². The Hall–Kier alpha value is -2.80. The molecular formula is C19H21N5O2. The molecule has 134 valence electrons. The molecule has 0 spiro atoms. The monoisotopic (exact) mass is 351 g/mol. The van der Waals surface area contributed by atoms with E-state index in [-0.39, 0.29) is 6.10 Å². The van der Waals surface area contributed by atoms with Crippen molar-refractivity contribution in [1.82, 2.24) is 20.1 Å². The molecule has 1 aliphatic heterocycles. The molecule has 0 aromatic carbocycles. The summed E-state index contributed by atoms with van der Waals surface area (Å²) in [7, 11) is 0. The van der Waals surface area contributed by atoms with Gasteiger partial charge in [0.1, 0.15) is 0 Å². The van der Waals surface area contributed by atoms with Crippen LogP contribution in [0.25, 0.3) is 22.6 Å². The summed E-state index contributed by atoms with van der Waals surface area (Å²) in [6.45, 7) is 5.21. The summed E-state index contributed by atoms with van der Waals surface area (Å²) < 4.78 is 5.43. The Morgan fingerprint density at radius 2 is 2.04 bits per heavy atom. The molecule has 0 bridgehead atoms. The highest BCUT2D eigenvalue weighted by Crippen LogP contribution is 2.32. The summed E-state index contributed by atoms with van der Waals surface area (Å²) in [5, 5.41) is 13.9. The number of nitrogens with zero attached hydrogens (tertiary/aromatic N) is 5. The first-order chi connectivity index (χ1) is 12.6. The fourth-order valence-corrected chi connectivity index (χ4v) is 3.16. The molecule has 3 aromatic heterocycles. The normalized spacial score (nSPS) is 17.5. The number of aromatic nitrogens is 4. The SMILES string of the molecule is Cc1ccc(-c2nc(N3CCC[C@H](O)C3)ncc2-c2cc(C)no2)cn1. The third kappa shape index (κ3) is 3.30. The third-order valence-electron chi connectivity index (χ3n) is 4.53. The number of β-amino-alcohol motifs (C(OH)–C–C–N with tert-alkyl or cyclic N) is 1. The minimum atomic E-state index is -0.339. The summed E-state index contributed by atoms with van der Waals surface area (Å²) >= 11 is 0. The van der Waals surface area contributed by atoms with Crippen LogP contribution in [0.1, 0.15) is 24.2 Å². The van der Waals surface area contributed by atoms with Crippen LogP contribution in [0, 0.1) is 13.8 Å². The van der Waals surface area contributed by atoms with Crippen LogP contribution < -0.4 is 4.90 Å². The van der Waals surface area contributed by atoms with Crippen molar-refractivity contribution >= 4 is 5.95 Å². The average Bonchev–Trinajstić information content (AvgIpc) is 3.08. The molecular weight excluding hydrogens is 330 g/mol. The lowest BCUT2D eigenvalue weighted by Crippen LogP contribution is -2.39. The summed E-state index contributed by atoms with van der Waals surface area (Å²) in [6, 6.07) is 5.82. The fraction of sp³-hybridized carbons (Fsp3) is 0.368. The maximum atomic E-state index is 9.96. The molecule has 1 atom stereocenters. The Labute approximate surface area is 151 Å². The summed E-state index contributed by atoms with van der Waals surface area (Å²) in [5.74, 6) is 1.24. The second kappa shape index (κ2) is 6.84. The molecule has 0 saturated carbocycles. The minimum absolute atomic E-state index is 0.339. The van der Waals surface area contributed by atoms with E-state index >= 15 is 0 Å². The number of pyridine rings is 1. The van der Waals surface area contributed by atoms with Crippen LogP contribution in [0.4, 0.5) is 5.95 Å². The van der Waals surface area contributed by atoms with Gasteiger partial charge < -0.3 is 14.5 Å². The second-order valence-electron chi connectivity index (χ2n) is 6.70. The van der Waals surface area contributed by atoms with E-state index in [0.717, 1.165) is 47.6 Å². The average molecular weight is 351 g/mol. The number of anilines is 1. The first-order valence-electron chi connectivity index (χ1n) is 8.77. The van der Waals surface area contributed by atoms with E-state index in [2.05, 4.69) is 15.1 Å². The highest BCUT2D eigenvalue weighted by molar-refractivity contribution is 5.78. The standard InChI is InChI=1S/C19H21N5O2/c1-12-5-6-14(9-20-12)18-16(17-8-13(2)23-26-17)10-21-19(22-18)24-7-3-4-15(25)11-24/h5-6,8-10,15,25H,3-4,7,11H2,1-2H3/t15-/m0/s1. The van der Waals surface area contributed by atoms with E-state index < -0.39 is 0 Å². The van der Waals surface area contributed by atoms with Crippen LogP contribution in [0.15, 0.2) is 35.1 Å². The van der Waals surface area contributed by atoms with E-state index in [4.69, 9.17) is 9.51 Å². The predicted octanol–water partition coefficient (Wildman–Crippen LogP) is 2.77. The second-order valence-corrected chi connectivity index (χ2v) is 6.70. The van der Waals surface area contributed by atoms with Crippen molar-refractivity contribution in [3.8, 4) is 22.6 Å². The number of rotatable bonds is 3. The Balaban J connectivity index is 1.80. The van der Waals surface area contributed by atoms with Crippen LogP contribution >= 0.6 is 0 Å². The molecule has 0 amide bonds. The third-order valence-corrected chi connectivity index (χ3v) is 4.53. The van der Waals surface area contributed by atoms with Crippen LogP contribution in [-0.4, -0.2) is 44.4 Å². The highest BCUT2D eigenvalue weighted by atomic mass is 16.5. The number of aryl methyl sites for hydroxylation is 2. The zero-order chi connectivity index (χ0) is 18.1. The van der Waals surface area contributed by atoms with Crippen molar-refractivity contribution in [2.45, 2.75) is 32.8 Å². The van der Waals surface area contributed by atoms with Crippen molar-refractivity contribution in [2.24, 2.45) is 0 Å². The maximum absolute atomic E-state index is 9.96. The zero-order valence-electron chi connectivity index (χ0n) is 14.9. The molecule has 0 unspecified atom stereocenters. The van der Waals surface area contributed by atoms with Gasteiger partial charge in [-0.25, -0.2) is 9.97 Å². The lowest BCUT2D eigenvalue weighted by Gasteiger charge is -2.30. The molecule has 7 heteroatoms. The van der Waals surface area contributed by atoms with Crippen LogP contribution in [0.5, 0.6) is 0 Å². The fourth-order valence-electron chi connectivity index (χ4n) is 3.16. The lowest BCUT2D eigenvalue weighted by molar-refractivity contribution is 0.153. The molecule has 1 N–H and O–H groups in total. The van der Waals surface area contributed by atoms with Crippen molar-refractivity contribution in [3.63, 3.8) is 0 Å². The van der Waals surface area contributed by atoms with E-state index in [1.54, 1.807) is 12.4 Å². The molecule has 1 fully saturated rings. The van der Waals surface area contributed by atoms with E-state index in [1.165, 1.54) is 0 Å². The van der Waals surface area contributed by atoms with Crippen molar-refractivity contribution in [1.29, 1.82) is 0 Å². The predicted molar refractivity (Wildman–Crippen MR) is 97.7 cm³/mol. The molecule has 0 radical (unpaired) electrons. The Kier molecular flexibility index (Phi) is 4.38. The molecule has 1 aliphatic rings. The Bertz CT molecular complexity index is 907. The summed E-state index contributed by atoms with van der Waals surface area (Å²) in [6.07, 6.45) is 4.97. The molecule has 26 heavy (non-hydrogen) atoms. The largest absolute Gasteiger partial charge is 0.391 e. The van der Waals surface area contributed by atoms with Crippen LogP contribution in [-0.2, 0) is 0 Å². The summed E-state index contributed by atoms with van der Waals surface area (Å²) in [5.41, 5.74) is 4.16. The van der Waals surface area contributed by atoms with Crippen molar-refractivity contribution < 1.29 is 9.63 Å². The summed E-state index contributed by atoms with van der Waals surface area (Å²) in [4.78, 5) is 15.7. The van der Waals surface area contributed by atoms with Gasteiger partial charge in [-0.1, -0.05) is 5.16 Å². The van der Waals surface area contributed by atoms with Gasteiger partial charge >= 0.3 is 0 Å². The molecule has 3 aromatic rings. The zero-order valence-corrected chi connectivity index (χ0v) is 14.9. The van der Waals surface area contributed by atoms with Crippen LogP contribution in [0.2, 0.25) is 0 Å². The van der Waals surface area contributed by atoms with Crippen molar-refractivity contribution in [2.75, 3.05) is 18.0 Å². The minimum Gasteiger partial charge on any atom is -0.391 e. The Morgan fingerprint density at radius 3 is 2.73 bits per heavy atom. The van der Waals surface area contributed by atoms with Crippen molar-refractivity contribution in [3.05, 3.63) is 42.0 Å². The van der Waals surface area contributed by atoms with E-state index in [1.807, 2.05) is 36.9 Å².